The van der Waals surface area contributed by atoms with Gasteiger partial charge in [-0.25, -0.2) is 4.79 Å². The highest BCUT2D eigenvalue weighted by Gasteiger charge is 2.27. The van der Waals surface area contributed by atoms with E-state index in [9.17, 15) is 4.79 Å². The summed E-state index contributed by atoms with van der Waals surface area (Å²) >= 11 is 0. The van der Waals surface area contributed by atoms with Crippen LogP contribution in [0, 0.1) is 0 Å². The van der Waals surface area contributed by atoms with Gasteiger partial charge in [-0.3, -0.25) is 0 Å². The fourth-order valence-corrected chi connectivity index (χ4v) is 2.14. The van der Waals surface area contributed by atoms with Crippen molar-refractivity contribution in [2.24, 2.45) is 0 Å². The molecule has 0 aromatic carbocycles. The first-order valence-corrected chi connectivity index (χ1v) is 5.42. The first-order valence-electron chi connectivity index (χ1n) is 5.42. The van der Waals surface area contributed by atoms with Crippen LogP contribution in [-0.2, 0) is 4.74 Å². The lowest BCUT2D eigenvalue weighted by Crippen LogP contribution is -2.46. The number of amides is 2. The van der Waals surface area contributed by atoms with Gasteiger partial charge in [0.1, 0.15) is 0 Å². The average molecular weight is 198 g/mol. The number of hydrogen-bond donors (Lipinski definition) is 1. The van der Waals surface area contributed by atoms with Gasteiger partial charge in [-0.2, -0.15) is 0 Å². The average Bonchev–Trinajstić information content (AvgIpc) is 2.75. The monoisotopic (exact) mass is 198 g/mol. The zero-order valence-corrected chi connectivity index (χ0v) is 8.66. The normalized spacial score (nSPS) is 32.2. The van der Waals surface area contributed by atoms with Crippen LogP contribution < -0.4 is 5.32 Å². The van der Waals surface area contributed by atoms with Crippen LogP contribution in [-0.4, -0.2) is 42.8 Å². The molecule has 80 valence electrons. The van der Waals surface area contributed by atoms with Gasteiger partial charge < -0.3 is 15.0 Å². The molecule has 0 aromatic rings. The molecule has 0 aliphatic carbocycles. The molecule has 2 amide bonds. The highest BCUT2D eigenvalue weighted by atomic mass is 16.5. The molecule has 0 radical (unpaired) electrons. The maximum Gasteiger partial charge on any atom is 0.317 e. The summed E-state index contributed by atoms with van der Waals surface area (Å²) in [6.07, 6.45) is 3.22. The Morgan fingerprint density at radius 1 is 1.50 bits per heavy atom. The molecule has 2 heterocycles. The molecule has 2 saturated heterocycles. The summed E-state index contributed by atoms with van der Waals surface area (Å²) in [5.41, 5.74) is 0. The molecule has 0 aromatic heterocycles. The zero-order valence-electron chi connectivity index (χ0n) is 8.66. The molecule has 2 unspecified atom stereocenters. The van der Waals surface area contributed by atoms with Crippen LogP contribution in [0.3, 0.4) is 0 Å². The Morgan fingerprint density at radius 3 is 2.93 bits per heavy atom. The molecule has 1 N–H and O–H groups in total. The second-order valence-electron chi connectivity index (χ2n) is 4.19. The Labute approximate surface area is 84.6 Å². The molecular weight excluding hydrogens is 180 g/mol. The molecule has 2 aliphatic rings. The van der Waals surface area contributed by atoms with Crippen molar-refractivity contribution < 1.29 is 9.53 Å². The highest BCUT2D eigenvalue weighted by Crippen LogP contribution is 2.16. The first kappa shape index (κ1) is 9.77. The summed E-state index contributed by atoms with van der Waals surface area (Å²) in [4.78, 5) is 13.7. The van der Waals surface area contributed by atoms with Gasteiger partial charge in [0.15, 0.2) is 0 Å². The van der Waals surface area contributed by atoms with Crippen molar-refractivity contribution in [3.63, 3.8) is 0 Å². The van der Waals surface area contributed by atoms with Crippen LogP contribution in [0.25, 0.3) is 0 Å². The van der Waals surface area contributed by atoms with Crippen molar-refractivity contribution in [1.29, 1.82) is 0 Å². The van der Waals surface area contributed by atoms with E-state index in [1.54, 1.807) is 0 Å². The lowest BCUT2D eigenvalue weighted by Gasteiger charge is -2.23. The molecule has 0 spiro atoms. The summed E-state index contributed by atoms with van der Waals surface area (Å²) in [5.74, 6) is 0. The maximum atomic E-state index is 11.8. The molecule has 2 atom stereocenters. The van der Waals surface area contributed by atoms with E-state index >= 15 is 0 Å². The Bertz CT molecular complexity index is 214. The van der Waals surface area contributed by atoms with Crippen LogP contribution in [0.5, 0.6) is 0 Å². The van der Waals surface area contributed by atoms with Crippen LogP contribution in [0.2, 0.25) is 0 Å². The molecule has 2 fully saturated rings. The molecule has 0 bridgehead atoms. The van der Waals surface area contributed by atoms with E-state index in [0.717, 1.165) is 32.4 Å². The van der Waals surface area contributed by atoms with Gasteiger partial charge in [0.2, 0.25) is 0 Å². The third-order valence-electron chi connectivity index (χ3n) is 3.07. The summed E-state index contributed by atoms with van der Waals surface area (Å²) in [5, 5.41) is 3.01. The predicted octanol–water partition coefficient (Wildman–Crippen LogP) is 0.969. The third kappa shape index (κ3) is 2.00. The Morgan fingerprint density at radius 2 is 2.36 bits per heavy atom. The summed E-state index contributed by atoms with van der Waals surface area (Å²) < 4.78 is 5.21. The van der Waals surface area contributed by atoms with Crippen LogP contribution >= 0.6 is 0 Å². The second-order valence-corrected chi connectivity index (χ2v) is 4.19. The highest BCUT2D eigenvalue weighted by molar-refractivity contribution is 5.75. The first-order chi connectivity index (χ1) is 6.77. The van der Waals surface area contributed by atoms with Crippen molar-refractivity contribution in [3.05, 3.63) is 0 Å². The van der Waals surface area contributed by atoms with Crippen molar-refractivity contribution in [2.75, 3.05) is 19.8 Å². The second kappa shape index (κ2) is 4.17. The molecule has 14 heavy (non-hydrogen) atoms. The SMILES string of the molecule is CC1CCCN1C(=O)NC1CCOC1. The lowest BCUT2D eigenvalue weighted by atomic mass is 10.2. The minimum absolute atomic E-state index is 0.0884. The smallest absolute Gasteiger partial charge is 0.317 e. The molecule has 2 rings (SSSR count). The number of carbonyl (C=O) groups is 1. The molecule has 4 heteroatoms. The standard InChI is InChI=1S/C10H18N2O2/c1-8-3-2-5-12(8)10(13)11-9-4-6-14-7-9/h8-9H,2-7H2,1H3,(H,11,13). The number of likely N-dealkylation sites (tertiary alicyclic amines) is 1. The third-order valence-corrected chi connectivity index (χ3v) is 3.07. The van der Waals surface area contributed by atoms with Crippen molar-refractivity contribution in [3.8, 4) is 0 Å². The fourth-order valence-electron chi connectivity index (χ4n) is 2.14. The van der Waals surface area contributed by atoms with Gasteiger partial charge in [-0.05, 0) is 26.2 Å². The van der Waals surface area contributed by atoms with Crippen LogP contribution in [0.1, 0.15) is 26.2 Å². The predicted molar refractivity (Wildman–Crippen MR) is 53.2 cm³/mol. The van der Waals surface area contributed by atoms with E-state index < -0.39 is 0 Å². The zero-order chi connectivity index (χ0) is 9.97. The number of nitrogens with zero attached hydrogens (tertiary/aromatic N) is 1. The Balaban J connectivity index is 1.82. The number of carbonyl (C=O) groups excluding carboxylic acids is 1. The van der Waals surface area contributed by atoms with E-state index in [-0.39, 0.29) is 12.1 Å². The van der Waals surface area contributed by atoms with Gasteiger partial charge in [0.25, 0.3) is 0 Å². The quantitative estimate of drug-likeness (QED) is 0.682. The van der Waals surface area contributed by atoms with Crippen LogP contribution in [0.15, 0.2) is 0 Å². The maximum absolute atomic E-state index is 11.8. The molecular formula is C10H18N2O2. The fraction of sp³-hybridized carbons (Fsp3) is 0.900. The number of urea groups is 1. The topological polar surface area (TPSA) is 41.6 Å². The lowest BCUT2D eigenvalue weighted by molar-refractivity contribution is 0.177. The van der Waals surface area contributed by atoms with Gasteiger partial charge in [0.05, 0.1) is 12.6 Å². The number of nitrogens with one attached hydrogen (secondary N) is 1. The number of hydrogen-bond acceptors (Lipinski definition) is 2. The van der Waals surface area contributed by atoms with E-state index in [2.05, 4.69) is 12.2 Å². The Kier molecular flexibility index (Phi) is 2.91. The van der Waals surface area contributed by atoms with E-state index in [1.807, 2.05) is 4.90 Å². The number of rotatable bonds is 1. The minimum Gasteiger partial charge on any atom is -0.379 e. The van der Waals surface area contributed by atoms with E-state index in [4.69, 9.17) is 4.74 Å². The van der Waals surface area contributed by atoms with E-state index in [0.29, 0.717) is 12.6 Å². The van der Waals surface area contributed by atoms with Gasteiger partial charge in [-0.15, -0.1) is 0 Å². The molecule has 0 saturated carbocycles. The van der Waals surface area contributed by atoms with Crippen molar-refractivity contribution in [1.82, 2.24) is 10.2 Å². The van der Waals surface area contributed by atoms with Crippen molar-refractivity contribution >= 4 is 6.03 Å². The van der Waals surface area contributed by atoms with E-state index in [1.165, 1.54) is 0 Å². The Hall–Kier alpha value is -0.770. The number of ether oxygens (including phenoxy) is 1. The van der Waals surface area contributed by atoms with Gasteiger partial charge >= 0.3 is 6.03 Å². The summed E-state index contributed by atoms with van der Waals surface area (Å²) in [6.45, 7) is 4.47. The molecule has 4 nitrogen and oxygen atoms in total. The van der Waals surface area contributed by atoms with Gasteiger partial charge in [0, 0.05) is 19.2 Å². The molecule has 2 aliphatic heterocycles. The summed E-state index contributed by atoms with van der Waals surface area (Å²) in [6, 6.07) is 0.720. The van der Waals surface area contributed by atoms with Crippen molar-refractivity contribution in [2.45, 2.75) is 38.3 Å². The summed E-state index contributed by atoms with van der Waals surface area (Å²) in [7, 11) is 0. The van der Waals surface area contributed by atoms with Gasteiger partial charge in [-0.1, -0.05) is 0 Å². The van der Waals surface area contributed by atoms with Crippen LogP contribution in [0.4, 0.5) is 4.79 Å². The minimum atomic E-state index is 0.0884. The largest absolute Gasteiger partial charge is 0.379 e.